The lowest BCUT2D eigenvalue weighted by Gasteiger charge is -2.12. The van der Waals surface area contributed by atoms with Crippen molar-refractivity contribution >= 4 is 40.5 Å². The molecule has 0 aliphatic rings. The van der Waals surface area contributed by atoms with Crippen LogP contribution in [0.2, 0.25) is 0 Å². The molecule has 0 bridgehead atoms. The molecule has 2 amide bonds. The first-order chi connectivity index (χ1) is 12.9. The van der Waals surface area contributed by atoms with Crippen LogP contribution in [0.25, 0.3) is 0 Å². The van der Waals surface area contributed by atoms with Crippen molar-refractivity contribution in [3.05, 3.63) is 54.1 Å². The first-order valence-electron chi connectivity index (χ1n) is 8.65. The number of hydrogen-bond donors (Lipinski definition) is 3. The van der Waals surface area contributed by atoms with E-state index in [9.17, 15) is 9.59 Å². The van der Waals surface area contributed by atoms with Gasteiger partial charge in [0.25, 0.3) is 5.91 Å². The molecule has 6 nitrogen and oxygen atoms in total. The predicted octanol–water partition coefficient (Wildman–Crippen LogP) is 3.81. The van der Waals surface area contributed by atoms with Crippen molar-refractivity contribution in [2.24, 2.45) is 5.92 Å². The molecule has 0 fully saturated rings. The number of nitrogens with one attached hydrogen (secondary N) is 3. The van der Waals surface area contributed by atoms with Gasteiger partial charge in [0.2, 0.25) is 5.91 Å². The van der Waals surface area contributed by atoms with Crippen LogP contribution in [-0.2, 0) is 4.79 Å². The Hall–Kier alpha value is -2.93. The summed E-state index contributed by atoms with van der Waals surface area (Å²) in [5, 5.41) is 8.55. The summed E-state index contributed by atoms with van der Waals surface area (Å²) in [6.07, 6.45) is 0. The van der Waals surface area contributed by atoms with Gasteiger partial charge in [-0.3, -0.25) is 14.9 Å². The first kappa shape index (κ1) is 20.4. The Kier molecular flexibility index (Phi) is 7.31. The molecule has 0 heterocycles. The zero-order chi connectivity index (χ0) is 19.8. The van der Waals surface area contributed by atoms with E-state index in [-0.39, 0.29) is 22.8 Å². The van der Waals surface area contributed by atoms with Crippen molar-refractivity contribution < 1.29 is 14.3 Å². The molecular formula is C20H23N3O3S. The van der Waals surface area contributed by atoms with Crippen LogP contribution in [0.5, 0.6) is 5.75 Å². The quantitative estimate of drug-likeness (QED) is 0.659. The number of ether oxygens (including phenoxy) is 1. The fourth-order valence-electron chi connectivity index (χ4n) is 2.17. The summed E-state index contributed by atoms with van der Waals surface area (Å²) < 4.78 is 5.35. The number of anilines is 2. The highest BCUT2D eigenvalue weighted by Crippen LogP contribution is 2.16. The molecular weight excluding hydrogens is 362 g/mol. The number of benzene rings is 2. The molecule has 0 radical (unpaired) electrons. The van der Waals surface area contributed by atoms with Gasteiger partial charge in [-0.25, -0.2) is 0 Å². The van der Waals surface area contributed by atoms with Crippen LogP contribution in [0, 0.1) is 5.92 Å². The topological polar surface area (TPSA) is 79.5 Å². The molecule has 0 aliphatic heterocycles. The molecule has 2 aromatic carbocycles. The second-order valence-electron chi connectivity index (χ2n) is 6.09. The van der Waals surface area contributed by atoms with Gasteiger partial charge in [0.15, 0.2) is 5.11 Å². The van der Waals surface area contributed by atoms with Crippen molar-refractivity contribution in [3.63, 3.8) is 0 Å². The maximum absolute atomic E-state index is 12.3. The summed E-state index contributed by atoms with van der Waals surface area (Å²) in [4.78, 5) is 24.1. The third-order valence-corrected chi connectivity index (χ3v) is 3.77. The zero-order valence-corrected chi connectivity index (χ0v) is 16.4. The molecule has 3 N–H and O–H groups in total. The average Bonchev–Trinajstić information content (AvgIpc) is 2.62. The van der Waals surface area contributed by atoms with Gasteiger partial charge in [0.1, 0.15) is 5.75 Å². The van der Waals surface area contributed by atoms with Crippen molar-refractivity contribution in [2.45, 2.75) is 20.8 Å². The van der Waals surface area contributed by atoms with E-state index in [0.29, 0.717) is 29.3 Å². The van der Waals surface area contributed by atoms with Crippen LogP contribution in [0.1, 0.15) is 31.1 Å². The fourth-order valence-corrected chi connectivity index (χ4v) is 2.38. The lowest BCUT2D eigenvalue weighted by atomic mass is 10.2. The third kappa shape index (κ3) is 6.38. The highest BCUT2D eigenvalue weighted by atomic mass is 32.1. The Balaban J connectivity index is 1.94. The molecule has 0 spiro atoms. The summed E-state index contributed by atoms with van der Waals surface area (Å²) in [5.41, 5.74) is 1.79. The van der Waals surface area contributed by atoms with E-state index in [1.807, 2.05) is 20.8 Å². The predicted molar refractivity (Wildman–Crippen MR) is 111 cm³/mol. The van der Waals surface area contributed by atoms with E-state index in [0.717, 1.165) is 0 Å². The summed E-state index contributed by atoms with van der Waals surface area (Å²) in [6, 6.07) is 13.9. The third-order valence-electron chi connectivity index (χ3n) is 3.57. The summed E-state index contributed by atoms with van der Waals surface area (Å²) in [6.45, 7) is 6.11. The van der Waals surface area contributed by atoms with E-state index in [1.165, 1.54) is 0 Å². The Morgan fingerprint density at radius 3 is 2.26 bits per heavy atom. The number of carbonyl (C=O) groups is 2. The van der Waals surface area contributed by atoms with Crippen molar-refractivity contribution in [1.82, 2.24) is 5.32 Å². The summed E-state index contributed by atoms with van der Waals surface area (Å²) >= 11 is 5.20. The molecule has 0 aliphatic carbocycles. The average molecular weight is 385 g/mol. The highest BCUT2D eigenvalue weighted by molar-refractivity contribution is 7.80. The highest BCUT2D eigenvalue weighted by Gasteiger charge is 2.10. The van der Waals surface area contributed by atoms with Gasteiger partial charge in [-0.15, -0.1) is 0 Å². The van der Waals surface area contributed by atoms with Crippen LogP contribution in [0.3, 0.4) is 0 Å². The Morgan fingerprint density at radius 2 is 1.67 bits per heavy atom. The normalized spacial score (nSPS) is 10.2. The molecule has 7 heteroatoms. The van der Waals surface area contributed by atoms with E-state index in [1.54, 1.807) is 48.5 Å². The monoisotopic (exact) mass is 385 g/mol. The first-order valence-corrected chi connectivity index (χ1v) is 9.06. The summed E-state index contributed by atoms with van der Waals surface area (Å²) in [5.74, 6) is 0.199. The van der Waals surface area contributed by atoms with Crippen LogP contribution >= 0.6 is 12.2 Å². The second-order valence-corrected chi connectivity index (χ2v) is 6.50. The van der Waals surface area contributed by atoms with Crippen LogP contribution in [-0.4, -0.2) is 23.5 Å². The van der Waals surface area contributed by atoms with Crippen LogP contribution in [0.4, 0.5) is 11.4 Å². The van der Waals surface area contributed by atoms with E-state index < -0.39 is 0 Å². The van der Waals surface area contributed by atoms with Gasteiger partial charge in [-0.1, -0.05) is 19.9 Å². The Morgan fingerprint density at radius 1 is 1.04 bits per heavy atom. The molecule has 2 rings (SSSR count). The maximum Gasteiger partial charge on any atom is 0.257 e. The molecule has 142 valence electrons. The Labute approximate surface area is 164 Å². The minimum absolute atomic E-state index is 0.0708. The minimum Gasteiger partial charge on any atom is -0.494 e. The standard InChI is InChI=1S/C20H23N3O3S/c1-4-26-17-10-8-14(9-11-17)19(25)23-20(27)22-16-7-5-6-15(12-16)21-18(24)13(2)3/h5-13H,4H2,1-3H3,(H,21,24)(H2,22,23,25,27). The maximum atomic E-state index is 12.3. The van der Waals surface area contributed by atoms with Crippen molar-refractivity contribution in [2.75, 3.05) is 17.2 Å². The second kappa shape index (κ2) is 9.68. The number of rotatable bonds is 6. The SMILES string of the molecule is CCOc1ccc(C(=O)NC(=S)Nc2cccc(NC(=O)C(C)C)c2)cc1. The molecule has 27 heavy (non-hydrogen) atoms. The molecule has 0 atom stereocenters. The van der Waals surface area contributed by atoms with Crippen molar-refractivity contribution in [1.29, 1.82) is 0 Å². The largest absolute Gasteiger partial charge is 0.494 e. The fraction of sp³-hybridized carbons (Fsp3) is 0.250. The smallest absolute Gasteiger partial charge is 0.257 e. The van der Waals surface area contributed by atoms with Crippen LogP contribution in [0.15, 0.2) is 48.5 Å². The molecule has 2 aromatic rings. The molecule has 0 aromatic heterocycles. The molecule has 0 saturated carbocycles. The lowest BCUT2D eigenvalue weighted by Crippen LogP contribution is -2.34. The number of thiocarbonyl (C=S) groups is 1. The van der Waals surface area contributed by atoms with Gasteiger partial charge in [0.05, 0.1) is 6.61 Å². The van der Waals surface area contributed by atoms with Gasteiger partial charge >= 0.3 is 0 Å². The minimum atomic E-state index is -0.320. The van der Waals surface area contributed by atoms with Gasteiger partial charge in [0, 0.05) is 22.9 Å². The van der Waals surface area contributed by atoms with Gasteiger partial charge < -0.3 is 15.4 Å². The number of hydrogen-bond acceptors (Lipinski definition) is 4. The number of carbonyl (C=O) groups excluding carboxylic acids is 2. The lowest BCUT2D eigenvalue weighted by molar-refractivity contribution is -0.118. The number of amides is 2. The van der Waals surface area contributed by atoms with Gasteiger partial charge in [-0.05, 0) is 61.6 Å². The van der Waals surface area contributed by atoms with E-state index >= 15 is 0 Å². The van der Waals surface area contributed by atoms with E-state index in [2.05, 4.69) is 16.0 Å². The van der Waals surface area contributed by atoms with Gasteiger partial charge in [-0.2, -0.15) is 0 Å². The zero-order valence-electron chi connectivity index (χ0n) is 15.5. The molecule has 0 unspecified atom stereocenters. The Bertz CT molecular complexity index is 819. The van der Waals surface area contributed by atoms with Crippen LogP contribution < -0.4 is 20.7 Å². The van der Waals surface area contributed by atoms with Crippen molar-refractivity contribution in [3.8, 4) is 5.75 Å². The van der Waals surface area contributed by atoms with E-state index in [4.69, 9.17) is 17.0 Å². The summed E-state index contributed by atoms with van der Waals surface area (Å²) in [7, 11) is 0. The molecule has 0 saturated heterocycles.